The first-order valence-electron chi connectivity index (χ1n) is 14.8. The molecule has 268 valence electrons. The Balaban J connectivity index is 1.79. The summed E-state index contributed by atoms with van der Waals surface area (Å²) in [4.78, 5) is 103. The number of anilines is 4. The van der Waals surface area contributed by atoms with E-state index in [1.165, 1.54) is 18.2 Å². The first-order valence-corrected chi connectivity index (χ1v) is 16.3. The molecule has 19 heteroatoms. The third-order valence-electron chi connectivity index (χ3n) is 7.29. The number of rotatable bonds is 14. The predicted octanol–water partition coefficient (Wildman–Crippen LogP) is 3.94. The Morgan fingerprint density at radius 3 is 2.13 bits per heavy atom. The number of amidine groups is 1. The fraction of sp³-hybridized carbons (Fsp3) is 0.152. The van der Waals surface area contributed by atoms with Crippen molar-refractivity contribution in [1.29, 1.82) is 0 Å². The monoisotopic (exact) mass is 788 g/mol. The van der Waals surface area contributed by atoms with Crippen molar-refractivity contribution in [3.63, 3.8) is 0 Å². The largest absolute Gasteiger partial charge is 0.395 e. The van der Waals surface area contributed by atoms with Crippen molar-refractivity contribution in [3.8, 4) is 0 Å². The minimum Gasteiger partial charge on any atom is -0.395 e. The van der Waals surface area contributed by atoms with Gasteiger partial charge in [-0.1, -0.05) is 46.4 Å². The first kappa shape index (κ1) is 39.5. The third-order valence-corrected chi connectivity index (χ3v) is 8.41. The fourth-order valence-electron chi connectivity index (χ4n) is 4.73. The number of hydrogen-bond donors (Lipinski definition) is 2. The summed E-state index contributed by atoms with van der Waals surface area (Å²) < 4.78 is 0. The number of benzene rings is 3. The molecule has 0 saturated heterocycles. The number of hydrazone groups is 1. The number of carbonyl (C=O) groups excluding carboxylic acids is 8. The van der Waals surface area contributed by atoms with E-state index in [2.05, 4.69) is 15.4 Å². The number of aliphatic hydroxyl groups is 1. The second-order valence-electron chi connectivity index (χ2n) is 10.6. The highest BCUT2D eigenvalue weighted by Gasteiger charge is 2.38. The molecule has 0 aromatic heterocycles. The lowest BCUT2D eigenvalue weighted by Gasteiger charge is -2.22. The molecule has 1 aliphatic heterocycles. The zero-order valence-corrected chi connectivity index (χ0v) is 29.9. The molecule has 1 heterocycles. The molecule has 4 rings (SSSR count). The van der Waals surface area contributed by atoms with Gasteiger partial charge in [0, 0.05) is 23.8 Å². The van der Waals surface area contributed by atoms with Crippen LogP contribution in [0.1, 0.15) is 12.5 Å². The number of amides is 3. The number of imide groups is 1. The number of Topliss-reactive ketones (excluding diaryl/α,β-unsaturated/α-hetero) is 4. The summed E-state index contributed by atoms with van der Waals surface area (Å²) in [7, 11) is 0. The molecule has 3 aromatic rings. The lowest BCUT2D eigenvalue weighted by molar-refractivity contribution is -0.151. The molecule has 1 aliphatic rings. The van der Waals surface area contributed by atoms with Crippen LogP contribution in [0, 0.1) is 6.92 Å². The van der Waals surface area contributed by atoms with Crippen molar-refractivity contribution in [1.82, 2.24) is 0 Å². The van der Waals surface area contributed by atoms with Gasteiger partial charge >= 0.3 is 11.8 Å². The van der Waals surface area contributed by atoms with Gasteiger partial charge in [0.05, 0.1) is 38.7 Å². The van der Waals surface area contributed by atoms with Crippen molar-refractivity contribution in [2.45, 2.75) is 13.8 Å². The van der Waals surface area contributed by atoms with Crippen LogP contribution in [-0.4, -0.2) is 84.0 Å². The van der Waals surface area contributed by atoms with Gasteiger partial charge in [0.25, 0.3) is 23.1 Å². The van der Waals surface area contributed by atoms with Crippen LogP contribution in [-0.2, 0) is 38.4 Å². The Morgan fingerprint density at radius 1 is 0.904 bits per heavy atom. The Morgan fingerprint density at radius 2 is 1.56 bits per heavy atom. The smallest absolute Gasteiger partial charge is 0.309 e. The lowest BCUT2D eigenvalue weighted by atomic mass is 10.1. The number of ketones is 4. The minimum absolute atomic E-state index is 0.0352. The van der Waals surface area contributed by atoms with Gasteiger partial charge in [0.2, 0.25) is 6.41 Å². The molecular formula is C33H24Cl4N6O9. The highest BCUT2D eigenvalue weighted by molar-refractivity contribution is 6.91. The maximum atomic E-state index is 14.0. The van der Waals surface area contributed by atoms with E-state index in [1.807, 2.05) is 17.9 Å². The van der Waals surface area contributed by atoms with Crippen LogP contribution in [0.3, 0.4) is 0 Å². The van der Waals surface area contributed by atoms with E-state index in [-0.39, 0.29) is 66.6 Å². The van der Waals surface area contributed by atoms with E-state index in [0.717, 1.165) is 22.8 Å². The van der Waals surface area contributed by atoms with Crippen LogP contribution in [0.15, 0.2) is 58.6 Å². The van der Waals surface area contributed by atoms with Crippen LogP contribution in [0.5, 0.6) is 0 Å². The topological polar surface area (TPSA) is 203 Å². The molecule has 0 atom stereocenters. The fourth-order valence-corrected chi connectivity index (χ4v) is 5.87. The summed E-state index contributed by atoms with van der Waals surface area (Å²) in [5, 5.41) is 17.5. The highest BCUT2D eigenvalue weighted by Crippen LogP contribution is 2.39. The zero-order chi connectivity index (χ0) is 38.4. The Bertz CT molecular complexity index is 2100. The number of aryl methyl sites for hydroxylation is 1. The van der Waals surface area contributed by atoms with Gasteiger partial charge in [-0.2, -0.15) is 5.01 Å². The van der Waals surface area contributed by atoms with Crippen molar-refractivity contribution >= 4 is 134 Å². The number of aliphatic hydroxyl groups excluding tert-OH is 1. The molecule has 2 N–H and O–H groups in total. The molecule has 0 fully saturated rings. The minimum atomic E-state index is -2.13. The number of halogens is 4. The average Bonchev–Trinajstić information content (AvgIpc) is 3.40. The average molecular weight is 790 g/mol. The number of nitrogens with one attached hydrogen (secondary N) is 1. The highest BCUT2D eigenvalue weighted by atomic mass is 35.5. The summed E-state index contributed by atoms with van der Waals surface area (Å²) in [6.45, 7) is 4.61. The Hall–Kier alpha value is -5.32. The van der Waals surface area contributed by atoms with Gasteiger partial charge < -0.3 is 15.3 Å². The summed E-state index contributed by atoms with van der Waals surface area (Å²) in [6.07, 6.45) is -0.652. The molecule has 0 aliphatic carbocycles. The molecule has 0 unspecified atom stereocenters. The van der Waals surface area contributed by atoms with Crippen LogP contribution in [0.2, 0.25) is 20.1 Å². The van der Waals surface area contributed by atoms with Gasteiger partial charge in [0.1, 0.15) is 5.69 Å². The van der Waals surface area contributed by atoms with E-state index >= 15 is 0 Å². The second-order valence-corrected chi connectivity index (χ2v) is 12.2. The number of aliphatic imine (C=N–C) groups is 1. The van der Waals surface area contributed by atoms with Crippen LogP contribution in [0.25, 0.3) is 0 Å². The van der Waals surface area contributed by atoms with Crippen molar-refractivity contribution in [2.24, 2.45) is 10.1 Å². The van der Waals surface area contributed by atoms with E-state index in [0.29, 0.717) is 24.3 Å². The number of hydrogen-bond acceptors (Lipinski definition) is 13. The number of aldehydes is 1. The van der Waals surface area contributed by atoms with E-state index in [4.69, 9.17) is 46.4 Å². The van der Waals surface area contributed by atoms with Crippen LogP contribution in [0.4, 0.5) is 28.4 Å². The first-order chi connectivity index (χ1) is 24.7. The molecule has 15 nitrogen and oxygen atoms in total. The molecular weight excluding hydrogens is 766 g/mol. The SMILES string of the molecule is CCN(CCO)c1ccc(N=C2C(=O)N(c3c(Cl)cc(Cl)cc3Cl)N=C2Nc2cc(N(C=O)C(=O)C(=O)C(=O)C(=O)C(=O)C=O)ccc2Cl)c(C)c1. The molecule has 3 amide bonds. The van der Waals surface area contributed by atoms with E-state index < -0.39 is 41.2 Å². The zero-order valence-electron chi connectivity index (χ0n) is 26.9. The van der Waals surface area contributed by atoms with Crippen molar-refractivity contribution in [3.05, 3.63) is 74.2 Å². The molecule has 0 bridgehead atoms. The third kappa shape index (κ3) is 8.25. The Labute approximate surface area is 314 Å². The number of likely N-dealkylation sites (N-methyl/N-ethyl adjacent to an activating group) is 1. The van der Waals surface area contributed by atoms with Gasteiger partial charge in [-0.05, 0) is 67.9 Å². The quantitative estimate of drug-likeness (QED) is 0.136. The summed E-state index contributed by atoms with van der Waals surface area (Å²) in [5.41, 5.74) is 1.00. The number of nitrogens with zero attached hydrogens (tertiary/aromatic N) is 5. The van der Waals surface area contributed by atoms with E-state index in [9.17, 15) is 43.5 Å². The van der Waals surface area contributed by atoms with Crippen molar-refractivity contribution < 1.29 is 43.5 Å². The standard InChI is InChI=1S/C33H24Cl4N6O9/c1-3-41(8-9-44)18-5-7-23(16(2)10-18)38-26-31(40-43(32(26)51)27-21(36)11-17(34)12-22(27)37)39-24-13-19(4-6-20(24)35)42(15-46)33(52)30(50)29(49)28(48)25(47)14-45/h4-7,10-15,44H,3,8-9H2,1-2H3,(H,39,40). The molecule has 0 radical (unpaired) electrons. The van der Waals surface area contributed by atoms with Crippen LogP contribution >= 0.6 is 46.4 Å². The molecule has 3 aromatic carbocycles. The van der Waals surface area contributed by atoms with Gasteiger partial charge in [-0.25, -0.2) is 9.89 Å². The maximum Gasteiger partial charge on any atom is 0.309 e. The van der Waals surface area contributed by atoms with Gasteiger partial charge in [0.15, 0.2) is 17.8 Å². The molecule has 52 heavy (non-hydrogen) atoms. The predicted molar refractivity (Wildman–Crippen MR) is 194 cm³/mol. The van der Waals surface area contributed by atoms with Crippen LogP contribution < -0.4 is 20.1 Å². The van der Waals surface area contributed by atoms with Gasteiger partial charge in [-0.15, -0.1) is 5.10 Å². The summed E-state index contributed by atoms with van der Waals surface area (Å²) >= 11 is 25.3. The van der Waals surface area contributed by atoms with Gasteiger partial charge in [-0.3, -0.25) is 38.4 Å². The summed E-state index contributed by atoms with van der Waals surface area (Å²) in [5.74, 6) is -11.0. The van der Waals surface area contributed by atoms with E-state index in [1.54, 1.807) is 19.1 Å². The Kier molecular flexibility index (Phi) is 12.7. The lowest BCUT2D eigenvalue weighted by Crippen LogP contribution is -2.43. The van der Waals surface area contributed by atoms with Crippen molar-refractivity contribution in [2.75, 3.05) is 39.8 Å². The summed E-state index contributed by atoms with van der Waals surface area (Å²) in [6, 6.07) is 11.2. The number of carbonyl (C=O) groups is 8. The second kappa shape index (κ2) is 16.8. The normalized spacial score (nSPS) is 13.1. The molecule has 0 saturated carbocycles. The maximum absolute atomic E-state index is 14.0. The molecule has 0 spiro atoms.